The molecule has 1 aromatic heterocycles. The second-order valence-electron chi connectivity index (χ2n) is 4.50. The number of carbonyl (C=O) groups is 1. The van der Waals surface area contributed by atoms with Crippen molar-refractivity contribution in [1.29, 1.82) is 0 Å². The summed E-state index contributed by atoms with van der Waals surface area (Å²) in [5.74, 6) is 0. The molecule has 7 heteroatoms. The minimum atomic E-state index is -0.533. The fraction of sp³-hybridized carbons (Fsp3) is 0.583. The number of piperazine rings is 1. The van der Waals surface area contributed by atoms with Crippen LogP contribution in [0.15, 0.2) is 15.8 Å². The number of aromatic nitrogens is 2. The average Bonchev–Trinajstić information content (AvgIpc) is 2.43. The van der Waals surface area contributed by atoms with Gasteiger partial charge in [0.05, 0.1) is 5.56 Å². The first-order valence-electron chi connectivity index (χ1n) is 6.46. The summed E-state index contributed by atoms with van der Waals surface area (Å²) >= 11 is 0. The fourth-order valence-electron chi connectivity index (χ4n) is 2.19. The van der Waals surface area contributed by atoms with E-state index in [4.69, 9.17) is 0 Å². The number of aldehydes is 1. The first-order valence-corrected chi connectivity index (χ1v) is 6.46. The van der Waals surface area contributed by atoms with Gasteiger partial charge in [-0.2, -0.15) is 4.68 Å². The monoisotopic (exact) mass is 266 g/mol. The molecular weight excluding hydrogens is 248 g/mol. The number of hydrogen-bond donors (Lipinski definition) is 1. The number of nitrogens with one attached hydrogen (secondary N) is 1. The molecule has 1 aromatic rings. The van der Waals surface area contributed by atoms with E-state index in [1.807, 2.05) is 6.92 Å². The molecule has 7 nitrogen and oxygen atoms in total. The molecule has 1 saturated heterocycles. The van der Waals surface area contributed by atoms with Crippen LogP contribution in [-0.2, 0) is 6.54 Å². The van der Waals surface area contributed by atoms with Crippen LogP contribution in [0.3, 0.4) is 0 Å². The van der Waals surface area contributed by atoms with Gasteiger partial charge >= 0.3 is 5.69 Å². The van der Waals surface area contributed by atoms with Gasteiger partial charge in [0.25, 0.3) is 5.56 Å². The Hall–Kier alpha value is -1.89. The van der Waals surface area contributed by atoms with Gasteiger partial charge in [0.1, 0.15) is 0 Å². The van der Waals surface area contributed by atoms with Gasteiger partial charge in [0.15, 0.2) is 6.29 Å². The molecule has 0 aromatic carbocycles. The second-order valence-corrected chi connectivity index (χ2v) is 4.50. The predicted molar refractivity (Wildman–Crippen MR) is 71.5 cm³/mol. The maximum absolute atomic E-state index is 12.3. The second kappa shape index (κ2) is 5.83. The quantitative estimate of drug-likeness (QED) is 0.691. The highest BCUT2D eigenvalue weighted by Gasteiger charge is 2.18. The van der Waals surface area contributed by atoms with Gasteiger partial charge in [-0.3, -0.25) is 14.2 Å². The molecule has 0 bridgehead atoms. The van der Waals surface area contributed by atoms with Crippen LogP contribution in [0.4, 0.5) is 0 Å². The SMILES string of the molecule is CCCn1cc(C=O)c(=O)n(N2CCNCC2)c1=O. The number of hydrogen-bond acceptors (Lipinski definition) is 5. The molecule has 2 heterocycles. The molecular formula is C12H18N4O3. The number of nitrogens with zero attached hydrogens (tertiary/aromatic N) is 3. The Morgan fingerprint density at radius 1 is 1.32 bits per heavy atom. The van der Waals surface area contributed by atoms with E-state index in [2.05, 4.69) is 5.32 Å². The lowest BCUT2D eigenvalue weighted by molar-refractivity contribution is 0.112. The van der Waals surface area contributed by atoms with E-state index in [1.165, 1.54) is 10.8 Å². The molecule has 1 N–H and O–H groups in total. The first-order chi connectivity index (χ1) is 9.19. The molecule has 2 rings (SSSR count). The van der Waals surface area contributed by atoms with E-state index in [1.54, 1.807) is 5.01 Å². The van der Waals surface area contributed by atoms with Gasteiger partial charge in [0.2, 0.25) is 0 Å². The van der Waals surface area contributed by atoms with Gasteiger partial charge in [0, 0.05) is 38.9 Å². The lowest BCUT2D eigenvalue weighted by atomic mass is 10.3. The molecule has 0 atom stereocenters. The van der Waals surface area contributed by atoms with E-state index in [9.17, 15) is 14.4 Å². The van der Waals surface area contributed by atoms with Crippen molar-refractivity contribution in [3.8, 4) is 0 Å². The van der Waals surface area contributed by atoms with Crippen LogP contribution in [0, 0.1) is 0 Å². The summed E-state index contributed by atoms with van der Waals surface area (Å²) in [6, 6.07) is 0. The standard InChI is InChI=1S/C12H18N4O3/c1-2-5-14-8-10(9-17)11(18)16(12(14)19)15-6-3-13-4-7-15/h8-9,13H,2-7H2,1H3. The van der Waals surface area contributed by atoms with Crippen molar-refractivity contribution in [2.45, 2.75) is 19.9 Å². The highest BCUT2D eigenvalue weighted by atomic mass is 16.2. The van der Waals surface area contributed by atoms with Crippen molar-refractivity contribution in [2.24, 2.45) is 0 Å². The Morgan fingerprint density at radius 3 is 2.58 bits per heavy atom. The van der Waals surface area contributed by atoms with E-state index in [0.29, 0.717) is 39.0 Å². The lowest BCUT2D eigenvalue weighted by Crippen LogP contribution is -2.59. The van der Waals surface area contributed by atoms with Crippen molar-refractivity contribution in [3.63, 3.8) is 0 Å². The van der Waals surface area contributed by atoms with E-state index < -0.39 is 5.56 Å². The Balaban J connectivity index is 2.56. The fourth-order valence-corrected chi connectivity index (χ4v) is 2.19. The van der Waals surface area contributed by atoms with Gasteiger partial charge in [-0.15, -0.1) is 0 Å². The molecule has 0 aliphatic carbocycles. The van der Waals surface area contributed by atoms with Crippen LogP contribution >= 0.6 is 0 Å². The smallest absolute Gasteiger partial charge is 0.313 e. The molecule has 1 aliphatic heterocycles. The molecule has 0 radical (unpaired) electrons. The third kappa shape index (κ3) is 2.60. The minimum absolute atomic E-state index is 0.0200. The highest BCUT2D eigenvalue weighted by Crippen LogP contribution is 1.92. The zero-order valence-electron chi connectivity index (χ0n) is 11.0. The van der Waals surface area contributed by atoms with Gasteiger partial charge < -0.3 is 10.3 Å². The summed E-state index contributed by atoms with van der Waals surface area (Å²) in [7, 11) is 0. The maximum atomic E-state index is 12.3. The summed E-state index contributed by atoms with van der Waals surface area (Å²) in [6.07, 6.45) is 2.62. The molecule has 1 fully saturated rings. The third-order valence-corrected chi connectivity index (χ3v) is 3.13. The van der Waals surface area contributed by atoms with Gasteiger partial charge in [-0.25, -0.2) is 4.79 Å². The molecule has 19 heavy (non-hydrogen) atoms. The van der Waals surface area contributed by atoms with E-state index >= 15 is 0 Å². The maximum Gasteiger partial charge on any atom is 0.350 e. The minimum Gasteiger partial charge on any atom is -0.313 e. The summed E-state index contributed by atoms with van der Waals surface area (Å²) < 4.78 is 2.52. The summed E-state index contributed by atoms with van der Waals surface area (Å²) in [6.45, 7) is 5.00. The third-order valence-electron chi connectivity index (χ3n) is 3.13. The molecule has 1 aliphatic rings. The molecule has 0 unspecified atom stereocenters. The zero-order valence-corrected chi connectivity index (χ0v) is 11.0. The van der Waals surface area contributed by atoms with Crippen LogP contribution in [0.5, 0.6) is 0 Å². The molecule has 0 amide bonds. The first kappa shape index (κ1) is 13.5. The van der Waals surface area contributed by atoms with Crippen LogP contribution in [0.1, 0.15) is 23.7 Å². The largest absolute Gasteiger partial charge is 0.350 e. The van der Waals surface area contributed by atoms with Crippen molar-refractivity contribution < 1.29 is 4.79 Å². The number of aryl methyl sites for hydroxylation is 1. The highest BCUT2D eigenvalue weighted by molar-refractivity contribution is 5.73. The normalized spacial score (nSPS) is 15.5. The number of rotatable bonds is 4. The number of carbonyl (C=O) groups excluding carboxylic acids is 1. The Kier molecular flexibility index (Phi) is 4.16. The topological polar surface area (TPSA) is 76.3 Å². The average molecular weight is 266 g/mol. The predicted octanol–water partition coefficient (Wildman–Crippen LogP) is -1.23. The summed E-state index contributed by atoms with van der Waals surface area (Å²) in [5.41, 5.74) is -0.889. The Morgan fingerprint density at radius 2 is 2.00 bits per heavy atom. The van der Waals surface area contributed by atoms with E-state index in [-0.39, 0.29) is 11.3 Å². The van der Waals surface area contributed by atoms with Crippen LogP contribution in [0.2, 0.25) is 0 Å². The van der Waals surface area contributed by atoms with Gasteiger partial charge in [-0.1, -0.05) is 6.92 Å². The van der Waals surface area contributed by atoms with Gasteiger partial charge in [-0.05, 0) is 6.42 Å². The van der Waals surface area contributed by atoms with Crippen LogP contribution in [-0.4, -0.2) is 41.7 Å². The van der Waals surface area contributed by atoms with Crippen molar-refractivity contribution in [3.05, 3.63) is 32.6 Å². The van der Waals surface area contributed by atoms with Crippen molar-refractivity contribution in [1.82, 2.24) is 14.6 Å². The Bertz CT molecular complexity index is 569. The van der Waals surface area contributed by atoms with Crippen molar-refractivity contribution >= 4 is 6.29 Å². The van der Waals surface area contributed by atoms with Crippen LogP contribution < -0.4 is 21.6 Å². The summed E-state index contributed by atoms with van der Waals surface area (Å²) in [4.78, 5) is 35.4. The Labute approximate surface area is 110 Å². The van der Waals surface area contributed by atoms with E-state index in [0.717, 1.165) is 11.1 Å². The van der Waals surface area contributed by atoms with Crippen LogP contribution in [0.25, 0.3) is 0 Å². The summed E-state index contributed by atoms with van der Waals surface area (Å²) in [5, 5.41) is 4.85. The zero-order chi connectivity index (χ0) is 13.8. The van der Waals surface area contributed by atoms with Crippen molar-refractivity contribution in [2.75, 3.05) is 31.2 Å². The molecule has 0 spiro atoms. The molecule has 0 saturated carbocycles. The molecule has 104 valence electrons. The lowest BCUT2D eigenvalue weighted by Gasteiger charge is -2.30.